The zero-order valence-corrected chi connectivity index (χ0v) is 16.8. The highest BCUT2D eigenvalue weighted by Gasteiger charge is 2.15. The first-order chi connectivity index (χ1) is 11.3. The normalized spacial score (nSPS) is 11.5. The lowest BCUT2D eigenvalue weighted by atomic mass is 9.87. The van der Waals surface area contributed by atoms with E-state index >= 15 is 0 Å². The fraction of sp³-hybridized carbons (Fsp3) is 0.444. The van der Waals surface area contributed by atoms with Crippen molar-refractivity contribution in [3.8, 4) is 5.75 Å². The van der Waals surface area contributed by atoms with Gasteiger partial charge in [-0.1, -0.05) is 32.9 Å². The summed E-state index contributed by atoms with van der Waals surface area (Å²) in [7, 11) is 0. The van der Waals surface area contributed by atoms with Gasteiger partial charge in [0.15, 0.2) is 4.77 Å². The maximum atomic E-state index is 5.89. The molecule has 1 N–H and O–H groups in total. The highest BCUT2D eigenvalue weighted by atomic mass is 79.9. The Kier molecular flexibility index (Phi) is 6.40. The maximum absolute atomic E-state index is 5.89. The van der Waals surface area contributed by atoms with E-state index in [4.69, 9.17) is 17.0 Å². The van der Waals surface area contributed by atoms with Gasteiger partial charge >= 0.3 is 0 Å². The molecule has 0 aliphatic rings. The van der Waals surface area contributed by atoms with Gasteiger partial charge in [-0.05, 0) is 57.7 Å². The highest BCUT2D eigenvalue weighted by Crippen LogP contribution is 2.31. The molecule has 0 atom stereocenters. The van der Waals surface area contributed by atoms with Gasteiger partial charge in [-0.3, -0.25) is 5.10 Å². The van der Waals surface area contributed by atoms with E-state index in [1.807, 2.05) is 16.7 Å². The molecular weight excluding hydrogens is 386 g/mol. The van der Waals surface area contributed by atoms with E-state index < -0.39 is 0 Å². The molecule has 6 heteroatoms. The standard InChI is InChI=1S/C18H24BrN3OS/c1-5-10-22-16(20-21-17(22)24)7-6-11-23-15-9-8-13(12-14(15)19)18(2,3)4/h5,8-9,12H,1,6-7,10-11H2,2-4H3,(H,21,24). The summed E-state index contributed by atoms with van der Waals surface area (Å²) in [4.78, 5) is 0. The number of hydrogen-bond donors (Lipinski definition) is 1. The van der Waals surface area contributed by atoms with Gasteiger partial charge in [0.05, 0.1) is 11.1 Å². The van der Waals surface area contributed by atoms with Crippen LogP contribution in [-0.2, 0) is 18.4 Å². The first-order valence-electron chi connectivity index (χ1n) is 8.00. The lowest BCUT2D eigenvalue weighted by Crippen LogP contribution is -2.11. The van der Waals surface area contributed by atoms with E-state index in [0.29, 0.717) is 17.9 Å². The van der Waals surface area contributed by atoms with E-state index in [1.54, 1.807) is 0 Å². The van der Waals surface area contributed by atoms with Gasteiger partial charge < -0.3 is 9.30 Å². The first-order valence-corrected chi connectivity index (χ1v) is 9.21. The largest absolute Gasteiger partial charge is 0.492 e. The van der Waals surface area contributed by atoms with Gasteiger partial charge in [-0.25, -0.2) is 0 Å². The highest BCUT2D eigenvalue weighted by molar-refractivity contribution is 9.10. The van der Waals surface area contributed by atoms with Crippen molar-refractivity contribution >= 4 is 28.1 Å². The number of benzene rings is 1. The molecule has 0 unspecified atom stereocenters. The third-order valence-corrected chi connectivity index (χ3v) is 4.68. The van der Waals surface area contributed by atoms with Crippen molar-refractivity contribution in [2.24, 2.45) is 0 Å². The molecule has 1 aromatic heterocycles. The van der Waals surface area contributed by atoms with Crippen LogP contribution in [0.2, 0.25) is 0 Å². The third-order valence-electron chi connectivity index (χ3n) is 3.75. The number of ether oxygens (including phenoxy) is 1. The monoisotopic (exact) mass is 409 g/mol. The van der Waals surface area contributed by atoms with E-state index in [0.717, 1.165) is 28.9 Å². The van der Waals surface area contributed by atoms with Crippen LogP contribution in [0, 0.1) is 4.77 Å². The molecule has 2 aromatic rings. The Morgan fingerprint density at radius 3 is 2.79 bits per heavy atom. The fourth-order valence-electron chi connectivity index (χ4n) is 2.36. The number of hydrogen-bond acceptors (Lipinski definition) is 3. The van der Waals surface area contributed by atoms with Gasteiger partial charge in [0, 0.05) is 13.0 Å². The molecule has 1 aromatic carbocycles. The number of aryl methyl sites for hydroxylation is 1. The minimum atomic E-state index is 0.127. The lowest BCUT2D eigenvalue weighted by molar-refractivity contribution is 0.307. The SMILES string of the molecule is C=CCn1c(CCCOc2ccc(C(C)(C)C)cc2Br)n[nH]c1=S. The second-order valence-corrected chi connectivity index (χ2v) is 7.93. The van der Waals surface area contributed by atoms with E-state index in [1.165, 1.54) is 5.56 Å². The summed E-state index contributed by atoms with van der Waals surface area (Å²) in [6.07, 6.45) is 3.49. The van der Waals surface area contributed by atoms with Crippen LogP contribution in [0.3, 0.4) is 0 Å². The first kappa shape index (κ1) is 18.9. The Balaban J connectivity index is 1.91. The number of aromatic nitrogens is 3. The van der Waals surface area contributed by atoms with Gasteiger partial charge in [-0.15, -0.1) is 6.58 Å². The van der Waals surface area contributed by atoms with Crippen LogP contribution in [0.4, 0.5) is 0 Å². The Labute approximate surface area is 157 Å². The molecule has 130 valence electrons. The molecule has 0 saturated heterocycles. The van der Waals surface area contributed by atoms with Crippen molar-refractivity contribution in [1.29, 1.82) is 0 Å². The molecule has 0 aliphatic carbocycles. The fourth-order valence-corrected chi connectivity index (χ4v) is 3.07. The van der Waals surface area contributed by atoms with E-state index in [2.05, 4.69) is 65.6 Å². The summed E-state index contributed by atoms with van der Waals surface area (Å²) in [5.41, 5.74) is 1.41. The van der Waals surface area contributed by atoms with Crippen LogP contribution in [0.1, 0.15) is 38.6 Å². The number of nitrogens with one attached hydrogen (secondary N) is 1. The lowest BCUT2D eigenvalue weighted by Gasteiger charge is -2.20. The number of halogens is 1. The quantitative estimate of drug-likeness (QED) is 0.388. The Bertz CT molecular complexity index is 758. The predicted molar refractivity (Wildman–Crippen MR) is 104 cm³/mol. The summed E-state index contributed by atoms with van der Waals surface area (Å²) >= 11 is 8.81. The minimum absolute atomic E-state index is 0.127. The smallest absolute Gasteiger partial charge is 0.195 e. The van der Waals surface area contributed by atoms with Crippen molar-refractivity contribution in [2.45, 2.75) is 45.6 Å². The van der Waals surface area contributed by atoms with Crippen LogP contribution in [-0.4, -0.2) is 21.4 Å². The molecule has 0 saturated carbocycles. The van der Waals surface area contributed by atoms with Crippen LogP contribution in [0.5, 0.6) is 5.75 Å². The van der Waals surface area contributed by atoms with Crippen LogP contribution in [0.25, 0.3) is 0 Å². The molecule has 0 amide bonds. The summed E-state index contributed by atoms with van der Waals surface area (Å²) in [5, 5.41) is 7.10. The Morgan fingerprint density at radius 2 is 2.17 bits per heavy atom. The van der Waals surface area contributed by atoms with Crippen molar-refractivity contribution in [2.75, 3.05) is 6.61 Å². The molecule has 0 radical (unpaired) electrons. The van der Waals surface area contributed by atoms with E-state index in [9.17, 15) is 0 Å². The molecule has 4 nitrogen and oxygen atoms in total. The maximum Gasteiger partial charge on any atom is 0.195 e. The molecule has 2 rings (SSSR count). The predicted octanol–water partition coefficient (Wildman–Crippen LogP) is 5.20. The van der Waals surface area contributed by atoms with Gasteiger partial charge in [0.2, 0.25) is 0 Å². The third kappa shape index (κ3) is 4.80. The molecule has 0 aliphatic heterocycles. The van der Waals surface area contributed by atoms with Crippen molar-refractivity contribution in [1.82, 2.24) is 14.8 Å². The second kappa shape index (κ2) is 8.12. The van der Waals surface area contributed by atoms with Crippen molar-refractivity contribution in [3.05, 3.63) is 51.5 Å². The molecule has 1 heterocycles. The van der Waals surface area contributed by atoms with Gasteiger partial charge in [-0.2, -0.15) is 5.10 Å². The molecular formula is C18H24BrN3OS. The summed E-state index contributed by atoms with van der Waals surface area (Å²) in [6.45, 7) is 11.6. The van der Waals surface area contributed by atoms with Gasteiger partial charge in [0.25, 0.3) is 0 Å². The second-order valence-electron chi connectivity index (χ2n) is 6.69. The van der Waals surface area contributed by atoms with Gasteiger partial charge in [0.1, 0.15) is 11.6 Å². The number of rotatable bonds is 7. The Hall–Kier alpha value is -1.40. The average molecular weight is 410 g/mol. The molecule has 0 fully saturated rings. The Morgan fingerprint density at radius 1 is 1.42 bits per heavy atom. The summed E-state index contributed by atoms with van der Waals surface area (Å²) in [5.74, 6) is 1.80. The zero-order chi connectivity index (χ0) is 17.7. The summed E-state index contributed by atoms with van der Waals surface area (Å²) < 4.78 is 9.47. The van der Waals surface area contributed by atoms with Crippen LogP contribution < -0.4 is 4.74 Å². The van der Waals surface area contributed by atoms with Crippen molar-refractivity contribution in [3.63, 3.8) is 0 Å². The topological polar surface area (TPSA) is 42.8 Å². The average Bonchev–Trinajstić information content (AvgIpc) is 2.85. The van der Waals surface area contributed by atoms with Crippen molar-refractivity contribution < 1.29 is 4.74 Å². The number of allylic oxidation sites excluding steroid dienone is 1. The van der Waals surface area contributed by atoms with Crippen LogP contribution >= 0.6 is 28.1 Å². The minimum Gasteiger partial charge on any atom is -0.492 e. The molecule has 0 spiro atoms. The molecule has 0 bridgehead atoms. The number of aromatic amines is 1. The number of H-pyrrole nitrogens is 1. The molecule has 24 heavy (non-hydrogen) atoms. The number of nitrogens with zero attached hydrogens (tertiary/aromatic N) is 2. The summed E-state index contributed by atoms with van der Waals surface area (Å²) in [6, 6.07) is 6.28. The van der Waals surface area contributed by atoms with Crippen LogP contribution in [0.15, 0.2) is 35.3 Å². The zero-order valence-electron chi connectivity index (χ0n) is 14.4. The van der Waals surface area contributed by atoms with E-state index in [-0.39, 0.29) is 5.41 Å².